The molecule has 0 heterocycles. The van der Waals surface area contributed by atoms with E-state index in [1.807, 2.05) is 36.4 Å². The van der Waals surface area contributed by atoms with Crippen molar-refractivity contribution in [2.24, 2.45) is 4.99 Å². The molecule has 0 aliphatic carbocycles. The van der Waals surface area contributed by atoms with E-state index in [1.54, 1.807) is 47.4 Å². The number of ether oxygens (including phenoxy) is 3. The fourth-order valence-corrected chi connectivity index (χ4v) is 2.85. The van der Waals surface area contributed by atoms with E-state index in [2.05, 4.69) is 15.6 Å². The average Bonchev–Trinajstić information content (AvgIpc) is 2.78. The van der Waals surface area contributed by atoms with Gasteiger partial charge in [-0.25, -0.2) is 0 Å². The standard InChI is InChI=1S/C22H30N4O4.HI/c1-23-22(24-13-15-7-9-17(10-8-15)21(27)26(2)3)25-14-16-11-18(28-4)20(30-6)19(12-16)29-5;/h7-12H,13-14H2,1-6H3,(H2,23,24,25);1H. The van der Waals surface area contributed by atoms with Gasteiger partial charge in [-0.05, 0) is 35.4 Å². The zero-order valence-electron chi connectivity index (χ0n) is 18.8. The molecule has 1 amide bonds. The zero-order chi connectivity index (χ0) is 22.1. The summed E-state index contributed by atoms with van der Waals surface area (Å²) >= 11 is 0. The number of hydrogen-bond donors (Lipinski definition) is 2. The number of hydrogen-bond acceptors (Lipinski definition) is 5. The molecule has 0 aliphatic rings. The van der Waals surface area contributed by atoms with Gasteiger partial charge >= 0.3 is 0 Å². The summed E-state index contributed by atoms with van der Waals surface area (Å²) in [6, 6.07) is 11.3. The van der Waals surface area contributed by atoms with E-state index in [-0.39, 0.29) is 29.9 Å². The quantitative estimate of drug-likeness (QED) is 0.303. The van der Waals surface area contributed by atoms with Crippen LogP contribution in [0.25, 0.3) is 0 Å². The first-order valence-corrected chi connectivity index (χ1v) is 9.47. The zero-order valence-corrected chi connectivity index (χ0v) is 21.1. The third-order valence-corrected chi connectivity index (χ3v) is 4.48. The largest absolute Gasteiger partial charge is 0.493 e. The minimum Gasteiger partial charge on any atom is -0.493 e. The van der Waals surface area contributed by atoms with Gasteiger partial charge in [0, 0.05) is 39.8 Å². The maximum Gasteiger partial charge on any atom is 0.253 e. The van der Waals surface area contributed by atoms with Crippen molar-refractivity contribution >= 4 is 35.8 Å². The van der Waals surface area contributed by atoms with Gasteiger partial charge in [-0.2, -0.15) is 0 Å². The summed E-state index contributed by atoms with van der Waals surface area (Å²) in [5.41, 5.74) is 2.66. The highest BCUT2D eigenvalue weighted by Gasteiger charge is 2.13. The average molecular weight is 542 g/mol. The molecule has 9 heteroatoms. The first-order valence-electron chi connectivity index (χ1n) is 9.47. The van der Waals surface area contributed by atoms with E-state index in [1.165, 1.54) is 0 Å². The lowest BCUT2D eigenvalue weighted by Gasteiger charge is -2.16. The Morgan fingerprint density at radius 1 is 0.903 bits per heavy atom. The molecular weight excluding hydrogens is 511 g/mol. The highest BCUT2D eigenvalue weighted by atomic mass is 127. The summed E-state index contributed by atoms with van der Waals surface area (Å²) in [7, 11) is 9.94. The van der Waals surface area contributed by atoms with Crippen molar-refractivity contribution in [2.75, 3.05) is 42.5 Å². The third-order valence-electron chi connectivity index (χ3n) is 4.48. The summed E-state index contributed by atoms with van der Waals surface area (Å²) in [6.07, 6.45) is 0. The molecule has 0 atom stereocenters. The van der Waals surface area contributed by atoms with Gasteiger partial charge in [-0.3, -0.25) is 9.79 Å². The van der Waals surface area contributed by atoms with Crippen LogP contribution in [0.3, 0.4) is 0 Å². The van der Waals surface area contributed by atoms with Crippen molar-refractivity contribution in [3.05, 3.63) is 53.1 Å². The van der Waals surface area contributed by atoms with Crippen LogP contribution in [0, 0.1) is 0 Å². The van der Waals surface area contributed by atoms with Crippen molar-refractivity contribution in [2.45, 2.75) is 13.1 Å². The lowest BCUT2D eigenvalue weighted by atomic mass is 10.1. The minimum atomic E-state index is -0.0164. The van der Waals surface area contributed by atoms with Crippen molar-refractivity contribution in [3.63, 3.8) is 0 Å². The van der Waals surface area contributed by atoms with Gasteiger partial charge in [0.25, 0.3) is 5.91 Å². The van der Waals surface area contributed by atoms with Gasteiger partial charge in [-0.1, -0.05) is 12.1 Å². The van der Waals surface area contributed by atoms with Gasteiger partial charge in [0.2, 0.25) is 5.75 Å². The first-order chi connectivity index (χ1) is 14.4. The molecule has 0 unspecified atom stereocenters. The van der Waals surface area contributed by atoms with Crippen LogP contribution in [-0.4, -0.2) is 59.2 Å². The van der Waals surface area contributed by atoms with Crippen LogP contribution in [-0.2, 0) is 13.1 Å². The van der Waals surface area contributed by atoms with Crippen LogP contribution >= 0.6 is 24.0 Å². The van der Waals surface area contributed by atoms with Crippen LogP contribution in [0.4, 0.5) is 0 Å². The summed E-state index contributed by atoms with van der Waals surface area (Å²) in [5.74, 6) is 2.39. The van der Waals surface area contributed by atoms with Gasteiger partial charge < -0.3 is 29.7 Å². The Bertz CT molecular complexity index is 861. The normalized spacial score (nSPS) is 10.6. The molecule has 0 saturated carbocycles. The molecule has 2 aromatic carbocycles. The number of carbonyl (C=O) groups excluding carboxylic acids is 1. The van der Waals surface area contributed by atoms with Gasteiger partial charge in [-0.15, -0.1) is 24.0 Å². The van der Waals surface area contributed by atoms with Gasteiger partial charge in [0.05, 0.1) is 21.3 Å². The Morgan fingerprint density at radius 3 is 1.84 bits per heavy atom. The maximum atomic E-state index is 12.0. The molecule has 0 bridgehead atoms. The molecule has 170 valence electrons. The SMILES string of the molecule is CN=C(NCc1ccc(C(=O)N(C)C)cc1)NCc1cc(OC)c(OC)c(OC)c1.I. The van der Waals surface area contributed by atoms with E-state index >= 15 is 0 Å². The monoisotopic (exact) mass is 542 g/mol. The number of carbonyl (C=O) groups is 1. The second-order valence-electron chi connectivity index (χ2n) is 6.71. The Labute approximate surface area is 201 Å². The number of guanidine groups is 1. The predicted octanol–water partition coefficient (Wildman–Crippen LogP) is 2.90. The fraction of sp³-hybridized carbons (Fsp3) is 0.364. The Morgan fingerprint density at radius 2 is 1.42 bits per heavy atom. The minimum absolute atomic E-state index is 0. The predicted molar refractivity (Wildman–Crippen MR) is 133 cm³/mol. The Kier molecular flexibility index (Phi) is 10.9. The van der Waals surface area contributed by atoms with E-state index in [0.29, 0.717) is 41.9 Å². The molecule has 2 rings (SSSR count). The van der Waals surface area contributed by atoms with Crippen LogP contribution in [0.5, 0.6) is 17.2 Å². The van der Waals surface area contributed by atoms with Crippen LogP contribution in [0.15, 0.2) is 41.4 Å². The van der Waals surface area contributed by atoms with Crippen molar-refractivity contribution in [1.29, 1.82) is 0 Å². The molecule has 0 fully saturated rings. The lowest BCUT2D eigenvalue weighted by Crippen LogP contribution is -2.36. The maximum absolute atomic E-state index is 12.0. The smallest absolute Gasteiger partial charge is 0.253 e. The second kappa shape index (κ2) is 12.9. The van der Waals surface area contributed by atoms with Crippen molar-refractivity contribution < 1.29 is 19.0 Å². The van der Waals surface area contributed by atoms with Gasteiger partial charge in [0.15, 0.2) is 17.5 Å². The highest BCUT2D eigenvalue weighted by molar-refractivity contribution is 14.0. The number of amides is 1. The molecule has 2 aromatic rings. The number of methoxy groups -OCH3 is 3. The first kappa shape index (κ1) is 26.3. The fourth-order valence-electron chi connectivity index (χ4n) is 2.85. The van der Waals surface area contributed by atoms with Crippen LogP contribution in [0.2, 0.25) is 0 Å². The van der Waals surface area contributed by atoms with E-state index in [9.17, 15) is 4.79 Å². The molecule has 0 aliphatic heterocycles. The molecule has 0 aromatic heterocycles. The number of nitrogens with one attached hydrogen (secondary N) is 2. The van der Waals surface area contributed by atoms with E-state index in [0.717, 1.165) is 11.1 Å². The second-order valence-corrected chi connectivity index (χ2v) is 6.71. The van der Waals surface area contributed by atoms with E-state index < -0.39 is 0 Å². The summed E-state index contributed by atoms with van der Waals surface area (Å²) in [4.78, 5) is 17.8. The molecule has 2 N–H and O–H groups in total. The van der Waals surface area contributed by atoms with Gasteiger partial charge in [0.1, 0.15) is 0 Å². The summed E-state index contributed by atoms with van der Waals surface area (Å²) < 4.78 is 16.1. The molecule has 8 nitrogen and oxygen atoms in total. The van der Waals surface area contributed by atoms with Crippen molar-refractivity contribution in [1.82, 2.24) is 15.5 Å². The number of aliphatic imine (C=N–C) groups is 1. The number of benzene rings is 2. The molecule has 31 heavy (non-hydrogen) atoms. The molecule has 0 saturated heterocycles. The number of halogens is 1. The summed E-state index contributed by atoms with van der Waals surface area (Å²) in [6.45, 7) is 1.10. The summed E-state index contributed by atoms with van der Waals surface area (Å²) in [5, 5.41) is 6.53. The lowest BCUT2D eigenvalue weighted by molar-refractivity contribution is 0.0827. The van der Waals surface area contributed by atoms with Crippen LogP contribution in [0.1, 0.15) is 21.5 Å². The number of rotatable bonds is 8. The van der Waals surface area contributed by atoms with Crippen molar-refractivity contribution in [3.8, 4) is 17.2 Å². The topological polar surface area (TPSA) is 84.4 Å². The Balaban J connectivity index is 0.00000480. The third kappa shape index (κ3) is 7.20. The Hall–Kier alpha value is -2.69. The van der Waals surface area contributed by atoms with Crippen LogP contribution < -0.4 is 24.8 Å². The highest BCUT2D eigenvalue weighted by Crippen LogP contribution is 2.38. The molecule has 0 radical (unpaired) electrons. The molecule has 0 spiro atoms. The van der Waals surface area contributed by atoms with E-state index in [4.69, 9.17) is 14.2 Å². The number of nitrogens with zero attached hydrogens (tertiary/aromatic N) is 2. The molecular formula is C22H31IN4O4.